The quantitative estimate of drug-likeness (QED) is 0.859. The second-order valence-electron chi connectivity index (χ2n) is 5.20. The number of nitrogens with zero attached hydrogens (tertiary/aromatic N) is 1. The van der Waals surface area contributed by atoms with E-state index in [1.165, 1.54) is 4.90 Å². The zero-order chi connectivity index (χ0) is 13.9. The molecule has 1 saturated heterocycles. The highest BCUT2D eigenvalue weighted by Gasteiger charge is 2.35. The van der Waals surface area contributed by atoms with Crippen LogP contribution in [0.15, 0.2) is 29.2 Å². The molecule has 0 aliphatic carbocycles. The molecule has 0 spiro atoms. The van der Waals surface area contributed by atoms with Crippen molar-refractivity contribution in [3.8, 4) is 0 Å². The Labute approximate surface area is 120 Å². The maximum Gasteiger partial charge on any atom is 0.102 e. The van der Waals surface area contributed by atoms with Crippen LogP contribution >= 0.6 is 11.8 Å². The molecular weight excluding hydrogens is 258 g/mol. The Kier molecular flexibility index (Phi) is 4.90. The molecule has 1 aliphatic rings. The Bertz CT molecular complexity index is 399. The van der Waals surface area contributed by atoms with Crippen LogP contribution in [0.1, 0.15) is 19.4 Å². The summed E-state index contributed by atoms with van der Waals surface area (Å²) in [5.41, 5.74) is 0.137. The van der Waals surface area contributed by atoms with E-state index in [4.69, 9.17) is 4.74 Å². The maximum atomic E-state index is 10.9. The topological polar surface area (TPSA) is 32.7 Å². The minimum atomic E-state index is -0.839. The maximum absolute atomic E-state index is 10.9. The van der Waals surface area contributed by atoms with Crippen LogP contribution < -0.4 is 0 Å². The van der Waals surface area contributed by atoms with Crippen LogP contribution in [0.3, 0.4) is 0 Å². The Balaban J connectivity index is 2.14. The third kappa shape index (κ3) is 3.31. The summed E-state index contributed by atoms with van der Waals surface area (Å²) in [6.07, 6.45) is 2.06. The van der Waals surface area contributed by atoms with Crippen molar-refractivity contribution in [2.24, 2.45) is 0 Å². The lowest BCUT2D eigenvalue weighted by Gasteiger charge is -2.40. The van der Waals surface area contributed by atoms with Gasteiger partial charge < -0.3 is 9.84 Å². The average molecular weight is 281 g/mol. The molecule has 0 bridgehead atoms. The molecule has 1 aromatic carbocycles. The minimum absolute atomic E-state index is 0.0801. The lowest BCUT2D eigenvalue weighted by Crippen LogP contribution is -2.51. The summed E-state index contributed by atoms with van der Waals surface area (Å²) in [5.74, 6) is 0. The van der Waals surface area contributed by atoms with Crippen LogP contribution in [0.2, 0.25) is 0 Å². The Morgan fingerprint density at radius 3 is 2.37 bits per heavy atom. The van der Waals surface area contributed by atoms with Crippen molar-refractivity contribution in [2.45, 2.75) is 30.4 Å². The standard InChI is InChI=1S/C15H23NO2S/c1-12(16-8-10-18-11-9-16)15(2,17)13-4-6-14(19-3)7-5-13/h4-7,12,17H,8-11H2,1-3H3. The van der Waals surface area contributed by atoms with E-state index in [2.05, 4.69) is 30.2 Å². The molecule has 0 radical (unpaired) electrons. The number of rotatable bonds is 4. The van der Waals surface area contributed by atoms with Crippen LogP contribution in [0, 0.1) is 0 Å². The first-order valence-corrected chi connectivity index (χ1v) is 7.97. The number of thioether (sulfide) groups is 1. The molecule has 4 heteroatoms. The van der Waals surface area contributed by atoms with Crippen molar-refractivity contribution in [3.63, 3.8) is 0 Å². The number of morpholine rings is 1. The molecular formula is C15H23NO2S. The summed E-state index contributed by atoms with van der Waals surface area (Å²) in [6, 6.07) is 8.28. The smallest absolute Gasteiger partial charge is 0.102 e. The molecule has 1 aromatic rings. The van der Waals surface area contributed by atoms with Crippen molar-refractivity contribution in [2.75, 3.05) is 32.6 Å². The predicted molar refractivity (Wildman–Crippen MR) is 79.6 cm³/mol. The molecule has 19 heavy (non-hydrogen) atoms. The molecule has 2 rings (SSSR count). The fraction of sp³-hybridized carbons (Fsp3) is 0.600. The summed E-state index contributed by atoms with van der Waals surface area (Å²) >= 11 is 1.72. The van der Waals surface area contributed by atoms with Gasteiger partial charge in [-0.15, -0.1) is 11.8 Å². The van der Waals surface area contributed by atoms with E-state index in [1.54, 1.807) is 11.8 Å². The van der Waals surface area contributed by atoms with E-state index < -0.39 is 5.60 Å². The Hall–Kier alpha value is -0.550. The predicted octanol–water partition coefficient (Wildman–Crippen LogP) is 2.34. The number of benzene rings is 1. The molecule has 106 valence electrons. The van der Waals surface area contributed by atoms with Gasteiger partial charge in [-0.25, -0.2) is 0 Å². The molecule has 3 nitrogen and oxygen atoms in total. The zero-order valence-electron chi connectivity index (χ0n) is 11.9. The fourth-order valence-electron chi connectivity index (χ4n) is 2.49. The van der Waals surface area contributed by atoms with Crippen LogP contribution in [0.4, 0.5) is 0 Å². The average Bonchev–Trinajstić information content (AvgIpc) is 2.47. The second-order valence-corrected chi connectivity index (χ2v) is 6.08. The van der Waals surface area contributed by atoms with Gasteiger partial charge in [0.15, 0.2) is 0 Å². The van der Waals surface area contributed by atoms with Crippen molar-refractivity contribution in [1.82, 2.24) is 4.90 Å². The molecule has 1 heterocycles. The van der Waals surface area contributed by atoms with Gasteiger partial charge in [-0.05, 0) is 37.8 Å². The Morgan fingerprint density at radius 1 is 1.26 bits per heavy atom. The van der Waals surface area contributed by atoms with Crippen LogP contribution in [0.5, 0.6) is 0 Å². The number of ether oxygens (including phenoxy) is 1. The van der Waals surface area contributed by atoms with Crippen LogP contribution in [0.25, 0.3) is 0 Å². The summed E-state index contributed by atoms with van der Waals surface area (Å²) in [5, 5.41) is 10.9. The van der Waals surface area contributed by atoms with E-state index in [0.717, 1.165) is 31.9 Å². The van der Waals surface area contributed by atoms with E-state index in [-0.39, 0.29) is 6.04 Å². The van der Waals surface area contributed by atoms with Gasteiger partial charge in [-0.1, -0.05) is 12.1 Å². The van der Waals surface area contributed by atoms with Gasteiger partial charge in [0.2, 0.25) is 0 Å². The first-order chi connectivity index (χ1) is 9.05. The van der Waals surface area contributed by atoms with Crippen LogP contribution in [-0.4, -0.2) is 48.6 Å². The SMILES string of the molecule is CSc1ccc(C(C)(O)C(C)N2CCOCC2)cc1. The van der Waals surface area contributed by atoms with Crippen molar-refractivity contribution >= 4 is 11.8 Å². The lowest BCUT2D eigenvalue weighted by atomic mass is 9.88. The number of hydrogen-bond acceptors (Lipinski definition) is 4. The van der Waals surface area contributed by atoms with Gasteiger partial charge in [0.1, 0.15) is 5.60 Å². The van der Waals surface area contributed by atoms with Crippen molar-refractivity contribution in [1.29, 1.82) is 0 Å². The third-order valence-corrected chi connectivity index (χ3v) is 4.82. The molecule has 0 amide bonds. The van der Waals surface area contributed by atoms with E-state index in [0.29, 0.717) is 0 Å². The largest absolute Gasteiger partial charge is 0.384 e. The third-order valence-electron chi connectivity index (χ3n) is 4.08. The zero-order valence-corrected chi connectivity index (χ0v) is 12.7. The monoisotopic (exact) mass is 281 g/mol. The highest BCUT2D eigenvalue weighted by atomic mass is 32.2. The molecule has 0 saturated carbocycles. The Morgan fingerprint density at radius 2 is 1.84 bits per heavy atom. The van der Waals surface area contributed by atoms with E-state index in [9.17, 15) is 5.11 Å². The summed E-state index contributed by atoms with van der Waals surface area (Å²) in [6.45, 7) is 7.28. The summed E-state index contributed by atoms with van der Waals surface area (Å²) < 4.78 is 5.37. The highest BCUT2D eigenvalue weighted by Crippen LogP contribution is 2.29. The first-order valence-electron chi connectivity index (χ1n) is 6.74. The van der Waals surface area contributed by atoms with Gasteiger partial charge in [0.05, 0.1) is 13.2 Å². The van der Waals surface area contributed by atoms with Gasteiger partial charge in [-0.2, -0.15) is 0 Å². The second kappa shape index (κ2) is 6.27. The molecule has 1 fully saturated rings. The molecule has 2 unspecified atom stereocenters. The molecule has 0 aromatic heterocycles. The van der Waals surface area contributed by atoms with Gasteiger partial charge in [-0.3, -0.25) is 4.90 Å². The normalized spacial score (nSPS) is 21.9. The molecule has 2 atom stereocenters. The van der Waals surface area contributed by atoms with Gasteiger partial charge in [0, 0.05) is 24.0 Å². The number of hydrogen-bond donors (Lipinski definition) is 1. The molecule has 1 N–H and O–H groups in total. The van der Waals surface area contributed by atoms with E-state index >= 15 is 0 Å². The van der Waals surface area contributed by atoms with Gasteiger partial charge in [0.25, 0.3) is 0 Å². The van der Waals surface area contributed by atoms with Crippen molar-refractivity contribution in [3.05, 3.63) is 29.8 Å². The summed E-state index contributed by atoms with van der Waals surface area (Å²) in [7, 11) is 0. The van der Waals surface area contributed by atoms with Crippen molar-refractivity contribution < 1.29 is 9.84 Å². The van der Waals surface area contributed by atoms with E-state index in [1.807, 2.05) is 19.1 Å². The summed E-state index contributed by atoms with van der Waals surface area (Å²) in [4.78, 5) is 3.52. The highest BCUT2D eigenvalue weighted by molar-refractivity contribution is 7.98. The molecule has 1 aliphatic heterocycles. The van der Waals surface area contributed by atoms with Crippen LogP contribution in [-0.2, 0) is 10.3 Å². The van der Waals surface area contributed by atoms with Gasteiger partial charge >= 0.3 is 0 Å². The fourth-order valence-corrected chi connectivity index (χ4v) is 2.90. The number of aliphatic hydroxyl groups is 1. The first kappa shape index (κ1) is 14.9. The lowest BCUT2D eigenvalue weighted by molar-refractivity contribution is -0.0649. The minimum Gasteiger partial charge on any atom is -0.384 e.